The van der Waals surface area contributed by atoms with E-state index >= 15 is 0 Å². The van der Waals surface area contributed by atoms with Gasteiger partial charge in [-0.3, -0.25) is 0 Å². The number of benzene rings is 2. The van der Waals surface area contributed by atoms with Crippen LogP contribution < -0.4 is 0 Å². The first kappa shape index (κ1) is 14.0. The third-order valence-electron chi connectivity index (χ3n) is 4.17. The van der Waals surface area contributed by atoms with Crippen molar-refractivity contribution >= 4 is 22.1 Å². The van der Waals surface area contributed by atoms with Gasteiger partial charge >= 0.3 is 0 Å². The molecule has 0 radical (unpaired) electrons. The van der Waals surface area contributed by atoms with Crippen molar-refractivity contribution in [2.24, 2.45) is 0 Å². The van der Waals surface area contributed by atoms with E-state index in [4.69, 9.17) is 9.40 Å². The highest BCUT2D eigenvalue weighted by Crippen LogP contribution is 2.36. The van der Waals surface area contributed by atoms with Gasteiger partial charge in [0.05, 0.1) is 16.6 Å². The quantitative estimate of drug-likeness (QED) is 0.502. The molecule has 0 N–H and O–H groups in total. The standard InChI is InChI=1S/C19H19N3O/c1-12-9-10-15-17(20-11-23-15)16(12)18-21-13-7-5-6-8-14(13)22(18)19(2,3)4/h5-11H,1-4H3. The molecule has 0 fully saturated rings. The second-order valence-electron chi connectivity index (χ2n) is 6.89. The monoisotopic (exact) mass is 305 g/mol. The van der Waals surface area contributed by atoms with Gasteiger partial charge in [0.1, 0.15) is 11.3 Å². The summed E-state index contributed by atoms with van der Waals surface area (Å²) >= 11 is 0. The van der Waals surface area contributed by atoms with Gasteiger partial charge in [-0.2, -0.15) is 0 Å². The second-order valence-corrected chi connectivity index (χ2v) is 6.89. The SMILES string of the molecule is Cc1ccc2ocnc2c1-c1nc2ccccc2n1C(C)(C)C. The van der Waals surface area contributed by atoms with E-state index in [0.29, 0.717) is 0 Å². The Balaban J connectivity index is 2.17. The predicted molar refractivity (Wildman–Crippen MR) is 92.5 cm³/mol. The minimum absolute atomic E-state index is 0.0935. The molecule has 0 spiro atoms. The number of rotatable bonds is 1. The summed E-state index contributed by atoms with van der Waals surface area (Å²) in [7, 11) is 0. The number of imidazole rings is 1. The molecule has 4 nitrogen and oxygen atoms in total. The van der Waals surface area contributed by atoms with Crippen LogP contribution in [0.3, 0.4) is 0 Å². The number of aromatic nitrogens is 3. The van der Waals surface area contributed by atoms with Gasteiger partial charge in [0.15, 0.2) is 12.0 Å². The maximum atomic E-state index is 5.49. The molecular weight excluding hydrogens is 286 g/mol. The van der Waals surface area contributed by atoms with Gasteiger partial charge in [0.25, 0.3) is 0 Å². The number of hydrogen-bond donors (Lipinski definition) is 0. The molecule has 0 aliphatic heterocycles. The molecule has 0 aliphatic rings. The van der Waals surface area contributed by atoms with Crippen molar-refractivity contribution in [3.8, 4) is 11.4 Å². The van der Waals surface area contributed by atoms with Gasteiger partial charge in [-0.1, -0.05) is 18.2 Å². The average molecular weight is 305 g/mol. The lowest BCUT2D eigenvalue weighted by Gasteiger charge is -2.25. The first-order valence-electron chi connectivity index (χ1n) is 7.78. The summed E-state index contributed by atoms with van der Waals surface area (Å²) in [5, 5.41) is 0. The molecule has 2 aromatic heterocycles. The zero-order valence-electron chi connectivity index (χ0n) is 13.8. The predicted octanol–water partition coefficient (Wildman–Crippen LogP) is 4.91. The summed E-state index contributed by atoms with van der Waals surface area (Å²) in [5.41, 5.74) is 5.88. The Morgan fingerprint density at radius 1 is 1.04 bits per heavy atom. The molecule has 23 heavy (non-hydrogen) atoms. The van der Waals surface area contributed by atoms with E-state index in [2.05, 4.69) is 61.5 Å². The molecule has 2 heterocycles. The number of nitrogens with zero attached hydrogens (tertiary/aromatic N) is 3. The lowest BCUT2D eigenvalue weighted by molar-refractivity contribution is 0.413. The molecule has 0 saturated heterocycles. The second kappa shape index (κ2) is 4.69. The summed E-state index contributed by atoms with van der Waals surface area (Å²) in [5.74, 6) is 0.940. The molecule has 0 amide bonds. The van der Waals surface area contributed by atoms with Gasteiger partial charge in [0.2, 0.25) is 0 Å². The van der Waals surface area contributed by atoms with E-state index in [1.54, 1.807) is 0 Å². The van der Waals surface area contributed by atoms with Crippen LogP contribution in [0, 0.1) is 6.92 Å². The van der Waals surface area contributed by atoms with Crippen molar-refractivity contribution in [3.63, 3.8) is 0 Å². The normalized spacial score (nSPS) is 12.3. The van der Waals surface area contributed by atoms with Crippen LogP contribution in [0.1, 0.15) is 26.3 Å². The van der Waals surface area contributed by atoms with E-state index in [1.165, 1.54) is 6.39 Å². The van der Waals surface area contributed by atoms with E-state index in [1.807, 2.05) is 12.1 Å². The fourth-order valence-electron chi connectivity index (χ4n) is 3.19. The van der Waals surface area contributed by atoms with Crippen LogP contribution in [0.5, 0.6) is 0 Å². The van der Waals surface area contributed by atoms with Crippen molar-refractivity contribution in [2.45, 2.75) is 33.2 Å². The maximum Gasteiger partial charge on any atom is 0.182 e. The number of para-hydroxylation sites is 2. The smallest absolute Gasteiger partial charge is 0.182 e. The number of aryl methyl sites for hydroxylation is 1. The molecule has 0 saturated carbocycles. The van der Waals surface area contributed by atoms with Gasteiger partial charge in [-0.25, -0.2) is 9.97 Å². The fraction of sp³-hybridized carbons (Fsp3) is 0.263. The third-order valence-corrected chi connectivity index (χ3v) is 4.17. The molecule has 4 heteroatoms. The van der Waals surface area contributed by atoms with Gasteiger partial charge in [-0.05, 0) is 51.5 Å². The van der Waals surface area contributed by atoms with Crippen LogP contribution in [0.15, 0.2) is 47.2 Å². The lowest BCUT2D eigenvalue weighted by atomic mass is 10.0. The average Bonchev–Trinajstić information content (AvgIpc) is 3.09. The highest BCUT2D eigenvalue weighted by Gasteiger charge is 2.25. The summed E-state index contributed by atoms with van der Waals surface area (Å²) < 4.78 is 7.78. The zero-order chi connectivity index (χ0) is 16.2. The van der Waals surface area contributed by atoms with Crippen LogP contribution in [0.2, 0.25) is 0 Å². The Labute approximate surface area is 134 Å². The van der Waals surface area contributed by atoms with E-state index in [0.717, 1.165) is 39.1 Å². The molecule has 2 aromatic carbocycles. The van der Waals surface area contributed by atoms with Crippen molar-refractivity contribution < 1.29 is 4.42 Å². The molecule has 116 valence electrons. The van der Waals surface area contributed by atoms with E-state index < -0.39 is 0 Å². The molecule has 0 unspecified atom stereocenters. The maximum absolute atomic E-state index is 5.49. The Morgan fingerprint density at radius 2 is 1.83 bits per heavy atom. The summed E-state index contributed by atoms with van der Waals surface area (Å²) in [4.78, 5) is 9.35. The van der Waals surface area contributed by atoms with Crippen LogP contribution in [0.4, 0.5) is 0 Å². The summed E-state index contributed by atoms with van der Waals surface area (Å²) in [6.45, 7) is 8.68. The van der Waals surface area contributed by atoms with Crippen LogP contribution >= 0.6 is 0 Å². The lowest BCUT2D eigenvalue weighted by Crippen LogP contribution is -2.22. The van der Waals surface area contributed by atoms with E-state index in [9.17, 15) is 0 Å². The van der Waals surface area contributed by atoms with Gasteiger partial charge in [-0.15, -0.1) is 0 Å². The van der Waals surface area contributed by atoms with Crippen LogP contribution in [0.25, 0.3) is 33.5 Å². The van der Waals surface area contributed by atoms with Crippen LogP contribution in [-0.2, 0) is 5.54 Å². The first-order valence-corrected chi connectivity index (χ1v) is 7.78. The largest absolute Gasteiger partial charge is 0.443 e. The molecule has 0 bridgehead atoms. The molecule has 4 aromatic rings. The summed E-state index contributed by atoms with van der Waals surface area (Å²) in [6, 6.07) is 12.3. The van der Waals surface area contributed by atoms with Gasteiger partial charge in [0, 0.05) is 5.54 Å². The topological polar surface area (TPSA) is 43.9 Å². The van der Waals surface area contributed by atoms with Crippen molar-refractivity contribution in [1.82, 2.24) is 14.5 Å². The number of oxazole rings is 1. The highest BCUT2D eigenvalue weighted by atomic mass is 16.3. The van der Waals surface area contributed by atoms with Crippen molar-refractivity contribution in [1.29, 1.82) is 0 Å². The Morgan fingerprint density at radius 3 is 2.61 bits per heavy atom. The molecular formula is C19H19N3O. The minimum Gasteiger partial charge on any atom is -0.443 e. The molecule has 4 rings (SSSR count). The zero-order valence-corrected chi connectivity index (χ0v) is 13.8. The number of fused-ring (bicyclic) bond motifs is 2. The van der Waals surface area contributed by atoms with Crippen molar-refractivity contribution in [2.75, 3.05) is 0 Å². The minimum atomic E-state index is -0.0935. The van der Waals surface area contributed by atoms with E-state index in [-0.39, 0.29) is 5.54 Å². The Kier molecular flexibility index (Phi) is 2.85. The summed E-state index contributed by atoms with van der Waals surface area (Å²) in [6.07, 6.45) is 1.50. The third kappa shape index (κ3) is 2.05. The number of hydrogen-bond acceptors (Lipinski definition) is 3. The highest BCUT2D eigenvalue weighted by molar-refractivity contribution is 5.93. The van der Waals surface area contributed by atoms with Crippen LogP contribution in [-0.4, -0.2) is 14.5 Å². The Hall–Kier alpha value is -2.62. The molecule has 0 aliphatic carbocycles. The van der Waals surface area contributed by atoms with Gasteiger partial charge < -0.3 is 8.98 Å². The van der Waals surface area contributed by atoms with Crippen molar-refractivity contribution in [3.05, 3.63) is 48.4 Å². The Bertz CT molecular complexity index is 1020. The molecule has 0 atom stereocenters. The first-order chi connectivity index (χ1) is 11.0. The fourth-order valence-corrected chi connectivity index (χ4v) is 3.19.